The Kier molecular flexibility index (Phi) is 11.5. The monoisotopic (exact) mass is 533 g/mol. The number of hydrogen-bond donors (Lipinski definition) is 4. The molecule has 0 aromatic rings. The molecule has 2 rings (SSSR count). The lowest BCUT2D eigenvalue weighted by molar-refractivity contribution is -0.298. The highest BCUT2D eigenvalue weighted by Crippen LogP contribution is 2.44. The molecule has 0 radical (unpaired) electrons. The smallest absolute Gasteiger partial charge is 0.256 e. The van der Waals surface area contributed by atoms with Gasteiger partial charge in [0.2, 0.25) is 5.79 Å². The molecule has 0 aliphatic carbocycles. The standard InChI is InChI=1S/C26H47NO10/c1-14-11-26(34-9,37-17(4)15(14)2)21(30)23(31)27-24(35-13-29)20-16(3)22(33-8)25(5,6)19(36-20)10-18(12-28)32-7/h15-22,24,28-30H,1,10-13H2,2-9H3,(H,27,31)/t15-,16+,17-,18+,19-,20+,21-,22-,24+,26-/m1/s1. The summed E-state index contributed by atoms with van der Waals surface area (Å²) in [5.41, 5.74) is 0.317. The molecule has 2 aliphatic heterocycles. The van der Waals surface area contributed by atoms with Gasteiger partial charge >= 0.3 is 0 Å². The van der Waals surface area contributed by atoms with Crippen molar-refractivity contribution in [3.63, 3.8) is 0 Å². The normalized spacial score (nSPS) is 36.6. The van der Waals surface area contributed by atoms with E-state index in [-0.39, 0.29) is 37.1 Å². The Bertz CT molecular complexity index is 760. The minimum absolute atomic E-state index is 0.0293. The topological polar surface area (TPSA) is 145 Å². The molecule has 0 saturated carbocycles. The summed E-state index contributed by atoms with van der Waals surface area (Å²) in [6, 6.07) is 0. The van der Waals surface area contributed by atoms with Gasteiger partial charge in [0.05, 0.1) is 31.0 Å². The number of aliphatic hydroxyl groups is 3. The second-order valence-electron chi connectivity index (χ2n) is 10.8. The molecular formula is C26H47NO10. The first-order valence-corrected chi connectivity index (χ1v) is 12.8. The Hall–Kier alpha value is -1.15. The zero-order valence-electron chi connectivity index (χ0n) is 23.4. The Morgan fingerprint density at radius 1 is 1.22 bits per heavy atom. The van der Waals surface area contributed by atoms with E-state index in [0.717, 1.165) is 5.57 Å². The number of methoxy groups -OCH3 is 3. The number of nitrogens with one attached hydrogen (secondary N) is 1. The molecule has 2 aliphatic rings. The van der Waals surface area contributed by atoms with Gasteiger partial charge in [-0.25, -0.2) is 0 Å². The van der Waals surface area contributed by atoms with Crippen molar-refractivity contribution in [2.45, 2.75) is 96.1 Å². The molecule has 37 heavy (non-hydrogen) atoms. The maximum Gasteiger partial charge on any atom is 0.256 e. The van der Waals surface area contributed by atoms with Crippen LogP contribution in [0.3, 0.4) is 0 Å². The van der Waals surface area contributed by atoms with E-state index in [2.05, 4.69) is 11.9 Å². The summed E-state index contributed by atoms with van der Waals surface area (Å²) in [6.45, 7) is 12.9. The Morgan fingerprint density at radius 2 is 1.86 bits per heavy atom. The van der Waals surface area contributed by atoms with Crippen LogP contribution in [0.15, 0.2) is 12.2 Å². The lowest BCUT2D eigenvalue weighted by atomic mass is 9.69. The van der Waals surface area contributed by atoms with Crippen LogP contribution in [-0.2, 0) is 33.2 Å². The highest BCUT2D eigenvalue weighted by molar-refractivity contribution is 5.82. The highest BCUT2D eigenvalue weighted by Gasteiger charge is 2.54. The molecular weight excluding hydrogens is 486 g/mol. The van der Waals surface area contributed by atoms with Gasteiger partial charge in [-0.05, 0) is 6.92 Å². The van der Waals surface area contributed by atoms with Crippen molar-refractivity contribution in [1.29, 1.82) is 0 Å². The fraction of sp³-hybridized carbons (Fsp3) is 0.885. The number of amides is 1. The number of hydrogen-bond acceptors (Lipinski definition) is 10. The van der Waals surface area contributed by atoms with E-state index in [1.165, 1.54) is 14.2 Å². The maximum absolute atomic E-state index is 13.3. The lowest BCUT2D eigenvalue weighted by Crippen LogP contribution is -2.65. The zero-order chi connectivity index (χ0) is 28.1. The predicted molar refractivity (Wildman–Crippen MR) is 134 cm³/mol. The van der Waals surface area contributed by atoms with Crippen molar-refractivity contribution < 1.29 is 48.5 Å². The van der Waals surface area contributed by atoms with E-state index in [4.69, 9.17) is 28.4 Å². The molecule has 0 aromatic heterocycles. The fourth-order valence-electron chi connectivity index (χ4n) is 5.61. The maximum atomic E-state index is 13.3. The summed E-state index contributed by atoms with van der Waals surface area (Å²) in [5.74, 6) is -2.70. The quantitative estimate of drug-likeness (QED) is 0.211. The number of rotatable bonds is 12. The van der Waals surface area contributed by atoms with Crippen molar-refractivity contribution in [3.05, 3.63) is 12.2 Å². The Morgan fingerprint density at radius 3 is 2.35 bits per heavy atom. The van der Waals surface area contributed by atoms with Crippen LogP contribution in [0, 0.1) is 17.3 Å². The Balaban J connectivity index is 2.31. The largest absolute Gasteiger partial charge is 0.394 e. The molecule has 0 aromatic carbocycles. The van der Waals surface area contributed by atoms with Crippen LogP contribution >= 0.6 is 0 Å². The van der Waals surface area contributed by atoms with Gasteiger partial charge in [0.15, 0.2) is 12.3 Å². The summed E-state index contributed by atoms with van der Waals surface area (Å²) in [4.78, 5) is 13.3. The molecule has 0 bridgehead atoms. The van der Waals surface area contributed by atoms with Crippen LogP contribution in [0.1, 0.15) is 47.5 Å². The minimum Gasteiger partial charge on any atom is -0.394 e. The third-order valence-electron chi connectivity index (χ3n) is 8.20. The van der Waals surface area contributed by atoms with E-state index in [1.807, 2.05) is 34.6 Å². The SMILES string of the molecule is C=C1C[C@](OC)([C@H](O)C(=O)N[C@@H](OCO)[C@H]2O[C@H](C[C@@H](CO)OC)C(C)(C)[C@H](OC)[C@H]2C)O[C@H](C)[C@@H]1C. The molecule has 2 saturated heterocycles. The van der Waals surface area contributed by atoms with Crippen molar-refractivity contribution in [2.75, 3.05) is 34.7 Å². The molecule has 2 heterocycles. The summed E-state index contributed by atoms with van der Waals surface area (Å²) >= 11 is 0. The summed E-state index contributed by atoms with van der Waals surface area (Å²) < 4.78 is 34.7. The number of aliphatic hydroxyl groups excluding tert-OH is 3. The number of carbonyl (C=O) groups is 1. The number of carbonyl (C=O) groups excluding carboxylic acids is 1. The van der Waals surface area contributed by atoms with Gasteiger partial charge in [-0.15, -0.1) is 0 Å². The minimum atomic E-state index is -1.72. The van der Waals surface area contributed by atoms with Gasteiger partial charge in [-0.1, -0.05) is 39.8 Å². The second-order valence-corrected chi connectivity index (χ2v) is 10.8. The van der Waals surface area contributed by atoms with Gasteiger partial charge in [-0.2, -0.15) is 0 Å². The number of ether oxygens (including phenoxy) is 6. The molecule has 0 unspecified atom stereocenters. The highest BCUT2D eigenvalue weighted by atomic mass is 16.7. The Labute approximate surface area is 220 Å². The molecule has 2 fully saturated rings. The van der Waals surface area contributed by atoms with Gasteiger partial charge < -0.3 is 49.1 Å². The van der Waals surface area contributed by atoms with Crippen LogP contribution in [0.4, 0.5) is 0 Å². The third kappa shape index (κ3) is 6.71. The van der Waals surface area contributed by atoms with Crippen LogP contribution in [0.2, 0.25) is 0 Å². The summed E-state index contributed by atoms with van der Waals surface area (Å²) in [6.07, 6.45) is -4.68. The van der Waals surface area contributed by atoms with E-state index in [1.54, 1.807) is 7.11 Å². The molecule has 4 N–H and O–H groups in total. The predicted octanol–water partition coefficient (Wildman–Crippen LogP) is 0.942. The van der Waals surface area contributed by atoms with Crippen LogP contribution in [-0.4, -0.2) is 105 Å². The van der Waals surface area contributed by atoms with E-state index >= 15 is 0 Å². The fourth-order valence-corrected chi connectivity index (χ4v) is 5.61. The van der Waals surface area contributed by atoms with Crippen molar-refractivity contribution in [3.8, 4) is 0 Å². The van der Waals surface area contributed by atoms with E-state index < -0.39 is 54.5 Å². The zero-order valence-corrected chi connectivity index (χ0v) is 23.4. The van der Waals surface area contributed by atoms with Crippen molar-refractivity contribution >= 4 is 5.91 Å². The molecule has 11 nitrogen and oxygen atoms in total. The first-order chi connectivity index (χ1) is 17.3. The average Bonchev–Trinajstić information content (AvgIpc) is 2.85. The first-order valence-electron chi connectivity index (χ1n) is 12.8. The summed E-state index contributed by atoms with van der Waals surface area (Å²) in [5, 5.41) is 33.1. The molecule has 0 spiro atoms. The molecule has 11 heteroatoms. The van der Waals surface area contributed by atoms with Crippen LogP contribution in [0.5, 0.6) is 0 Å². The van der Waals surface area contributed by atoms with Gasteiger partial charge in [-0.3, -0.25) is 4.79 Å². The third-order valence-corrected chi connectivity index (χ3v) is 8.20. The summed E-state index contributed by atoms with van der Waals surface area (Å²) in [7, 11) is 4.48. The molecule has 10 atom stereocenters. The van der Waals surface area contributed by atoms with Gasteiger partial charge in [0.25, 0.3) is 5.91 Å². The molecule has 216 valence electrons. The van der Waals surface area contributed by atoms with Crippen LogP contribution in [0.25, 0.3) is 0 Å². The van der Waals surface area contributed by atoms with Crippen molar-refractivity contribution in [2.24, 2.45) is 17.3 Å². The lowest BCUT2D eigenvalue weighted by Gasteiger charge is -2.52. The van der Waals surface area contributed by atoms with Gasteiger partial charge in [0.1, 0.15) is 12.9 Å². The first kappa shape index (κ1) is 32.1. The average molecular weight is 534 g/mol. The van der Waals surface area contributed by atoms with Gasteiger partial charge in [0, 0.05) is 51.4 Å². The van der Waals surface area contributed by atoms with E-state index in [0.29, 0.717) is 6.42 Å². The molecule has 1 amide bonds. The van der Waals surface area contributed by atoms with E-state index in [9.17, 15) is 20.1 Å². The van der Waals surface area contributed by atoms with Crippen molar-refractivity contribution in [1.82, 2.24) is 5.32 Å². The van der Waals surface area contributed by atoms with Crippen LogP contribution < -0.4 is 5.32 Å². The second kappa shape index (κ2) is 13.3.